The Balaban J connectivity index is 2.43. The summed E-state index contributed by atoms with van der Waals surface area (Å²) in [5, 5.41) is 9.71. The van der Waals surface area contributed by atoms with Gasteiger partial charge in [0.05, 0.1) is 0 Å². The van der Waals surface area contributed by atoms with Gasteiger partial charge in [-0.2, -0.15) is 0 Å². The predicted octanol–water partition coefficient (Wildman–Crippen LogP) is 2.36. The Morgan fingerprint density at radius 1 is 1.31 bits per heavy atom. The third-order valence-electron chi connectivity index (χ3n) is 2.65. The first-order valence-corrected chi connectivity index (χ1v) is 5.10. The third kappa shape index (κ3) is 1.72. The summed E-state index contributed by atoms with van der Waals surface area (Å²) in [6.45, 7) is 0.215. The maximum absolute atomic E-state index is 8.90. The van der Waals surface area contributed by atoms with Gasteiger partial charge in [-0.1, -0.05) is 11.6 Å². The van der Waals surface area contributed by atoms with E-state index in [0.29, 0.717) is 0 Å². The van der Waals surface area contributed by atoms with Crippen molar-refractivity contribution >= 4 is 11.6 Å². The van der Waals surface area contributed by atoms with Gasteiger partial charge in [0.1, 0.15) is 0 Å². The summed E-state index contributed by atoms with van der Waals surface area (Å²) in [4.78, 5) is 0. The monoisotopic (exact) mass is 196 g/mol. The highest BCUT2D eigenvalue weighted by Gasteiger charge is 2.15. The van der Waals surface area contributed by atoms with Crippen molar-refractivity contribution in [2.24, 2.45) is 0 Å². The number of hydrogen-bond acceptors (Lipinski definition) is 1. The second kappa shape index (κ2) is 3.69. The molecule has 2 rings (SSSR count). The summed E-state index contributed by atoms with van der Waals surface area (Å²) >= 11 is 5.98. The molecular formula is C11H13ClO. The van der Waals surface area contributed by atoms with Crippen LogP contribution in [0.2, 0.25) is 5.02 Å². The van der Waals surface area contributed by atoms with Crippen molar-refractivity contribution in [3.63, 3.8) is 0 Å². The number of fused-ring (bicyclic) bond motifs is 1. The molecular weight excluding hydrogens is 184 g/mol. The zero-order chi connectivity index (χ0) is 9.26. The molecule has 1 nitrogen and oxygen atoms in total. The average molecular weight is 197 g/mol. The van der Waals surface area contributed by atoms with Crippen molar-refractivity contribution in [2.45, 2.75) is 25.7 Å². The Kier molecular flexibility index (Phi) is 2.56. The molecule has 0 unspecified atom stereocenters. The standard InChI is InChI=1S/C11H13ClO/c12-10-6-8-2-1-3-11(8)9(7-10)4-5-13/h6-7,13H,1-5H2. The van der Waals surface area contributed by atoms with Crippen molar-refractivity contribution < 1.29 is 5.11 Å². The number of rotatable bonds is 2. The van der Waals surface area contributed by atoms with Crippen LogP contribution in [0.5, 0.6) is 0 Å². The molecule has 0 saturated heterocycles. The zero-order valence-electron chi connectivity index (χ0n) is 7.52. The summed E-state index contributed by atoms with van der Waals surface area (Å²) in [6, 6.07) is 4.05. The van der Waals surface area contributed by atoms with Crippen LogP contribution < -0.4 is 0 Å². The largest absolute Gasteiger partial charge is 0.396 e. The van der Waals surface area contributed by atoms with Crippen LogP contribution >= 0.6 is 11.6 Å². The number of aliphatic hydroxyl groups is 1. The number of aliphatic hydroxyl groups excluding tert-OH is 1. The summed E-state index contributed by atoms with van der Waals surface area (Å²) in [6.07, 6.45) is 4.27. The summed E-state index contributed by atoms with van der Waals surface area (Å²) in [7, 11) is 0. The van der Waals surface area contributed by atoms with Crippen molar-refractivity contribution in [1.29, 1.82) is 0 Å². The topological polar surface area (TPSA) is 20.2 Å². The van der Waals surface area contributed by atoms with Gasteiger partial charge in [0.25, 0.3) is 0 Å². The van der Waals surface area contributed by atoms with E-state index in [-0.39, 0.29) is 6.61 Å². The van der Waals surface area contributed by atoms with Crippen LogP contribution in [-0.4, -0.2) is 11.7 Å². The number of aryl methyl sites for hydroxylation is 1. The van der Waals surface area contributed by atoms with Crippen molar-refractivity contribution in [1.82, 2.24) is 0 Å². The molecule has 1 N–H and O–H groups in total. The van der Waals surface area contributed by atoms with Crippen molar-refractivity contribution in [3.8, 4) is 0 Å². The van der Waals surface area contributed by atoms with E-state index in [1.807, 2.05) is 6.07 Å². The van der Waals surface area contributed by atoms with E-state index in [4.69, 9.17) is 16.7 Å². The maximum atomic E-state index is 8.90. The van der Waals surface area contributed by atoms with Crippen LogP contribution in [-0.2, 0) is 19.3 Å². The fraction of sp³-hybridized carbons (Fsp3) is 0.455. The van der Waals surface area contributed by atoms with Gasteiger partial charge in [0.2, 0.25) is 0 Å². The second-order valence-electron chi connectivity index (χ2n) is 3.53. The van der Waals surface area contributed by atoms with Gasteiger partial charge in [-0.25, -0.2) is 0 Å². The van der Waals surface area contributed by atoms with Crippen LogP contribution in [0, 0.1) is 0 Å². The minimum atomic E-state index is 0.215. The predicted molar refractivity (Wildman–Crippen MR) is 54.3 cm³/mol. The Hall–Kier alpha value is -0.530. The van der Waals surface area contributed by atoms with E-state index in [9.17, 15) is 0 Å². The molecule has 0 aromatic heterocycles. The third-order valence-corrected chi connectivity index (χ3v) is 2.87. The number of hydrogen-bond donors (Lipinski definition) is 1. The molecule has 0 radical (unpaired) electrons. The molecule has 0 spiro atoms. The van der Waals surface area contributed by atoms with Crippen LogP contribution in [0.15, 0.2) is 12.1 Å². The zero-order valence-corrected chi connectivity index (χ0v) is 8.27. The molecule has 1 aliphatic carbocycles. The van der Waals surface area contributed by atoms with Gasteiger partial charge < -0.3 is 5.11 Å². The average Bonchev–Trinajstić information content (AvgIpc) is 2.52. The molecule has 0 fully saturated rings. The Labute approximate surface area is 83.3 Å². The lowest BCUT2D eigenvalue weighted by Gasteiger charge is -2.07. The highest BCUT2D eigenvalue weighted by Crippen LogP contribution is 2.29. The lowest BCUT2D eigenvalue weighted by Crippen LogP contribution is -1.97. The van der Waals surface area contributed by atoms with Gasteiger partial charge in [0.15, 0.2) is 0 Å². The van der Waals surface area contributed by atoms with Gasteiger partial charge in [0, 0.05) is 11.6 Å². The molecule has 0 amide bonds. The van der Waals surface area contributed by atoms with E-state index in [1.54, 1.807) is 0 Å². The first-order chi connectivity index (χ1) is 6.31. The van der Waals surface area contributed by atoms with E-state index in [2.05, 4.69) is 6.07 Å². The van der Waals surface area contributed by atoms with Crippen molar-refractivity contribution in [3.05, 3.63) is 33.8 Å². The lowest BCUT2D eigenvalue weighted by molar-refractivity contribution is 0.299. The minimum absolute atomic E-state index is 0.215. The van der Waals surface area contributed by atoms with E-state index in [0.717, 1.165) is 24.3 Å². The molecule has 0 saturated carbocycles. The van der Waals surface area contributed by atoms with Crippen molar-refractivity contribution in [2.75, 3.05) is 6.61 Å². The maximum Gasteiger partial charge on any atom is 0.0471 e. The molecule has 0 heterocycles. The molecule has 2 heteroatoms. The second-order valence-corrected chi connectivity index (χ2v) is 3.97. The summed E-state index contributed by atoms with van der Waals surface area (Å²) < 4.78 is 0. The van der Waals surface area contributed by atoms with E-state index >= 15 is 0 Å². The fourth-order valence-electron chi connectivity index (χ4n) is 2.10. The fourth-order valence-corrected chi connectivity index (χ4v) is 2.36. The Morgan fingerprint density at radius 2 is 2.15 bits per heavy atom. The first kappa shape index (κ1) is 9.04. The molecule has 13 heavy (non-hydrogen) atoms. The lowest BCUT2D eigenvalue weighted by atomic mass is 10.0. The summed E-state index contributed by atoms with van der Waals surface area (Å²) in [5.41, 5.74) is 4.05. The molecule has 1 aromatic carbocycles. The quantitative estimate of drug-likeness (QED) is 0.770. The number of benzene rings is 1. The normalized spacial score (nSPS) is 14.6. The first-order valence-electron chi connectivity index (χ1n) is 4.72. The molecule has 70 valence electrons. The van der Waals surface area contributed by atoms with Gasteiger partial charge >= 0.3 is 0 Å². The smallest absolute Gasteiger partial charge is 0.0471 e. The molecule has 0 atom stereocenters. The Morgan fingerprint density at radius 3 is 2.92 bits per heavy atom. The molecule has 1 aromatic rings. The molecule has 0 aliphatic heterocycles. The van der Waals surface area contributed by atoms with Crippen LogP contribution in [0.25, 0.3) is 0 Å². The molecule has 1 aliphatic rings. The van der Waals surface area contributed by atoms with E-state index < -0.39 is 0 Å². The minimum Gasteiger partial charge on any atom is -0.396 e. The highest BCUT2D eigenvalue weighted by molar-refractivity contribution is 6.30. The van der Waals surface area contributed by atoms with Gasteiger partial charge in [-0.15, -0.1) is 0 Å². The number of halogens is 1. The SMILES string of the molecule is OCCc1cc(Cl)cc2c1CCC2. The highest BCUT2D eigenvalue weighted by atomic mass is 35.5. The Bertz CT molecular complexity index is 320. The van der Waals surface area contributed by atoms with Gasteiger partial charge in [-0.05, 0) is 54.5 Å². The van der Waals surface area contributed by atoms with Crippen LogP contribution in [0.1, 0.15) is 23.1 Å². The molecule has 0 bridgehead atoms. The van der Waals surface area contributed by atoms with Crippen LogP contribution in [0.3, 0.4) is 0 Å². The van der Waals surface area contributed by atoms with Crippen LogP contribution in [0.4, 0.5) is 0 Å². The summed E-state index contributed by atoms with van der Waals surface area (Å²) in [5.74, 6) is 0. The van der Waals surface area contributed by atoms with Gasteiger partial charge in [-0.3, -0.25) is 0 Å². The van der Waals surface area contributed by atoms with E-state index in [1.165, 1.54) is 23.1 Å².